The van der Waals surface area contributed by atoms with Gasteiger partial charge < -0.3 is 10.2 Å². The lowest BCUT2D eigenvalue weighted by molar-refractivity contribution is 0.343. The molecule has 0 aliphatic carbocycles. The van der Waals surface area contributed by atoms with E-state index in [4.69, 9.17) is 0 Å². The maximum atomic E-state index is 4.19. The normalized spacial score (nSPS) is 15.5. The lowest BCUT2D eigenvalue weighted by atomic mass is 10.1. The van der Waals surface area contributed by atoms with Gasteiger partial charge in [-0.1, -0.05) is 12.1 Å². The molecule has 0 radical (unpaired) electrons. The van der Waals surface area contributed by atoms with Gasteiger partial charge in [0.1, 0.15) is 0 Å². The van der Waals surface area contributed by atoms with Crippen LogP contribution in [0.2, 0.25) is 0 Å². The maximum absolute atomic E-state index is 4.19. The Morgan fingerprint density at radius 2 is 2.05 bits per heavy atom. The predicted octanol–water partition coefficient (Wildman–Crippen LogP) is 2.67. The Morgan fingerprint density at radius 1 is 1.19 bits per heavy atom. The van der Waals surface area contributed by atoms with Crippen LogP contribution in [0.5, 0.6) is 0 Å². The number of hydrogen-bond acceptors (Lipinski definition) is 3. The molecular weight excluding hydrogens is 260 g/mol. The van der Waals surface area contributed by atoms with Crippen LogP contribution >= 0.6 is 0 Å². The maximum Gasteiger partial charge on any atom is 0.0539 e. The zero-order valence-electron chi connectivity index (χ0n) is 12.8. The first-order chi connectivity index (χ1) is 10.3. The molecule has 3 rings (SSSR count). The molecule has 0 amide bonds. The summed E-state index contributed by atoms with van der Waals surface area (Å²) in [6.07, 6.45) is 7.83. The first-order valence-corrected chi connectivity index (χ1v) is 7.82. The molecule has 1 N–H and O–H groups in total. The molecule has 0 bridgehead atoms. The highest BCUT2D eigenvalue weighted by atomic mass is 15.2. The van der Waals surface area contributed by atoms with Gasteiger partial charge in [0.05, 0.1) is 6.20 Å². The summed E-state index contributed by atoms with van der Waals surface area (Å²) in [5.41, 5.74) is 3.82. The van der Waals surface area contributed by atoms with Crippen LogP contribution in [0.1, 0.15) is 24.0 Å². The lowest BCUT2D eigenvalue weighted by Crippen LogP contribution is -2.21. The molecule has 4 heteroatoms. The molecule has 2 heterocycles. The molecule has 0 unspecified atom stereocenters. The zero-order chi connectivity index (χ0) is 14.5. The number of benzene rings is 1. The van der Waals surface area contributed by atoms with Gasteiger partial charge in [0.15, 0.2) is 0 Å². The second-order valence-electron chi connectivity index (χ2n) is 5.87. The van der Waals surface area contributed by atoms with Gasteiger partial charge in [0.25, 0.3) is 0 Å². The number of anilines is 1. The van der Waals surface area contributed by atoms with Gasteiger partial charge in [-0.2, -0.15) is 5.10 Å². The van der Waals surface area contributed by atoms with Crippen LogP contribution in [0.3, 0.4) is 0 Å². The summed E-state index contributed by atoms with van der Waals surface area (Å²) < 4.78 is 1.84. The Morgan fingerprint density at radius 3 is 2.81 bits per heavy atom. The number of nitrogens with one attached hydrogen (secondary N) is 1. The number of nitrogens with zero attached hydrogens (tertiary/aromatic N) is 3. The van der Waals surface area contributed by atoms with Gasteiger partial charge >= 0.3 is 0 Å². The van der Waals surface area contributed by atoms with E-state index in [1.165, 1.54) is 49.3 Å². The Bertz CT molecular complexity index is 570. The average molecular weight is 284 g/mol. The smallest absolute Gasteiger partial charge is 0.0539 e. The Kier molecular flexibility index (Phi) is 4.55. The van der Waals surface area contributed by atoms with Crippen molar-refractivity contribution in [2.75, 3.05) is 25.0 Å². The molecule has 4 nitrogen and oxygen atoms in total. The second-order valence-corrected chi connectivity index (χ2v) is 5.87. The van der Waals surface area contributed by atoms with Gasteiger partial charge in [0, 0.05) is 37.6 Å². The van der Waals surface area contributed by atoms with Gasteiger partial charge in [-0.25, -0.2) is 0 Å². The average Bonchev–Trinajstić information content (AvgIpc) is 3.15. The molecule has 0 atom stereocenters. The van der Waals surface area contributed by atoms with Crippen molar-refractivity contribution in [1.29, 1.82) is 0 Å². The molecule has 1 aliphatic heterocycles. The SMILES string of the molecule is Cn1cc(CNc2cccc(CCN3CCCC3)c2)cn1. The molecule has 1 aromatic heterocycles. The van der Waals surface area contributed by atoms with E-state index in [-0.39, 0.29) is 0 Å². The van der Waals surface area contributed by atoms with Gasteiger partial charge in [-0.3, -0.25) is 4.68 Å². The minimum atomic E-state index is 0.823. The first-order valence-electron chi connectivity index (χ1n) is 7.82. The highest BCUT2D eigenvalue weighted by Crippen LogP contribution is 2.14. The van der Waals surface area contributed by atoms with Crippen LogP contribution in [0.15, 0.2) is 36.7 Å². The van der Waals surface area contributed by atoms with Crippen molar-refractivity contribution < 1.29 is 0 Å². The summed E-state index contributed by atoms with van der Waals surface area (Å²) in [4.78, 5) is 2.57. The summed E-state index contributed by atoms with van der Waals surface area (Å²) >= 11 is 0. The fourth-order valence-corrected chi connectivity index (χ4v) is 2.90. The van der Waals surface area contributed by atoms with Gasteiger partial charge in [-0.05, 0) is 50.0 Å². The van der Waals surface area contributed by atoms with E-state index >= 15 is 0 Å². The largest absolute Gasteiger partial charge is 0.381 e. The minimum absolute atomic E-state index is 0.823. The fourth-order valence-electron chi connectivity index (χ4n) is 2.90. The molecule has 1 aromatic carbocycles. The molecule has 1 aliphatic rings. The number of aryl methyl sites for hydroxylation is 1. The Hall–Kier alpha value is -1.81. The summed E-state index contributed by atoms with van der Waals surface area (Å²) in [6, 6.07) is 8.78. The van der Waals surface area contributed by atoms with Crippen molar-refractivity contribution in [3.63, 3.8) is 0 Å². The predicted molar refractivity (Wildman–Crippen MR) is 86.4 cm³/mol. The molecule has 112 valence electrons. The molecular formula is C17H24N4. The van der Waals surface area contributed by atoms with E-state index < -0.39 is 0 Å². The van der Waals surface area contributed by atoms with E-state index in [0.29, 0.717) is 0 Å². The highest BCUT2D eigenvalue weighted by Gasteiger charge is 2.10. The Labute approximate surface area is 126 Å². The van der Waals surface area contributed by atoms with Crippen molar-refractivity contribution in [2.45, 2.75) is 25.8 Å². The summed E-state index contributed by atoms with van der Waals surface area (Å²) in [6.45, 7) is 4.56. The fraction of sp³-hybridized carbons (Fsp3) is 0.471. The quantitative estimate of drug-likeness (QED) is 0.885. The van der Waals surface area contributed by atoms with Gasteiger partial charge in [-0.15, -0.1) is 0 Å². The number of rotatable bonds is 6. The van der Waals surface area contributed by atoms with Crippen molar-refractivity contribution in [1.82, 2.24) is 14.7 Å². The van der Waals surface area contributed by atoms with E-state index in [2.05, 4.69) is 39.6 Å². The molecule has 0 spiro atoms. The topological polar surface area (TPSA) is 33.1 Å². The first kappa shape index (κ1) is 14.1. The van der Waals surface area contributed by atoms with Crippen molar-refractivity contribution in [3.05, 3.63) is 47.8 Å². The second kappa shape index (κ2) is 6.76. The van der Waals surface area contributed by atoms with Crippen molar-refractivity contribution in [2.24, 2.45) is 7.05 Å². The van der Waals surface area contributed by atoms with Crippen LogP contribution in [0.25, 0.3) is 0 Å². The van der Waals surface area contributed by atoms with Crippen LogP contribution in [-0.2, 0) is 20.0 Å². The zero-order valence-corrected chi connectivity index (χ0v) is 12.8. The Balaban J connectivity index is 1.52. The van der Waals surface area contributed by atoms with E-state index in [1.54, 1.807) is 0 Å². The van der Waals surface area contributed by atoms with Crippen LogP contribution in [0, 0.1) is 0 Å². The van der Waals surface area contributed by atoms with E-state index in [1.807, 2.05) is 24.1 Å². The third kappa shape index (κ3) is 4.08. The molecule has 1 fully saturated rings. The van der Waals surface area contributed by atoms with E-state index in [0.717, 1.165) is 13.0 Å². The lowest BCUT2D eigenvalue weighted by Gasteiger charge is -2.14. The van der Waals surface area contributed by atoms with Gasteiger partial charge in [0.2, 0.25) is 0 Å². The molecule has 1 saturated heterocycles. The van der Waals surface area contributed by atoms with E-state index in [9.17, 15) is 0 Å². The third-order valence-corrected chi connectivity index (χ3v) is 4.10. The summed E-state index contributed by atoms with van der Waals surface area (Å²) in [7, 11) is 1.95. The van der Waals surface area contributed by atoms with Crippen LogP contribution in [0.4, 0.5) is 5.69 Å². The number of aromatic nitrogens is 2. The van der Waals surface area contributed by atoms with Crippen molar-refractivity contribution in [3.8, 4) is 0 Å². The molecule has 2 aromatic rings. The monoisotopic (exact) mass is 284 g/mol. The van der Waals surface area contributed by atoms with Crippen LogP contribution < -0.4 is 5.32 Å². The van der Waals surface area contributed by atoms with Crippen LogP contribution in [-0.4, -0.2) is 34.3 Å². The molecule has 0 saturated carbocycles. The summed E-state index contributed by atoms with van der Waals surface area (Å²) in [5.74, 6) is 0. The number of hydrogen-bond donors (Lipinski definition) is 1. The standard InChI is InChI=1S/C17H24N4/c1-20-14-16(13-19-20)12-18-17-6-4-5-15(11-17)7-10-21-8-2-3-9-21/h4-6,11,13-14,18H,2-3,7-10,12H2,1H3. The number of likely N-dealkylation sites (tertiary alicyclic amines) is 1. The molecule has 21 heavy (non-hydrogen) atoms. The third-order valence-electron chi connectivity index (χ3n) is 4.10. The summed E-state index contributed by atoms with van der Waals surface area (Å²) in [5, 5.41) is 7.67. The minimum Gasteiger partial charge on any atom is -0.381 e. The van der Waals surface area contributed by atoms with Crippen molar-refractivity contribution >= 4 is 5.69 Å². The highest BCUT2D eigenvalue weighted by molar-refractivity contribution is 5.46.